The number of rotatable bonds is 7. The van der Waals surface area contributed by atoms with Crippen LogP contribution in [0.5, 0.6) is 0 Å². The minimum Gasteiger partial charge on any atom is -0.379 e. The number of nitrogens with zero attached hydrogens (tertiary/aromatic N) is 3. The van der Waals surface area contributed by atoms with Crippen molar-refractivity contribution in [2.45, 2.75) is 25.9 Å². The molecule has 1 unspecified atom stereocenters. The molecule has 1 atom stereocenters. The molecule has 1 aromatic heterocycles. The first-order chi connectivity index (χ1) is 19.0. The molecule has 2 aliphatic heterocycles. The number of carbonyl (C=O) groups excluding carboxylic acids is 1. The zero-order valence-electron chi connectivity index (χ0n) is 22.4. The molecule has 3 aromatic carbocycles. The van der Waals surface area contributed by atoms with Crippen LogP contribution in [0.4, 0.5) is 5.69 Å². The number of aromatic nitrogens is 2. The molecule has 202 valence electrons. The Bertz CT molecular complexity index is 1460. The molecule has 0 saturated carbocycles. The predicted octanol–water partition coefficient (Wildman–Crippen LogP) is 5.53. The van der Waals surface area contributed by atoms with Gasteiger partial charge in [-0.3, -0.25) is 14.8 Å². The van der Waals surface area contributed by atoms with Crippen molar-refractivity contribution in [1.82, 2.24) is 20.4 Å². The highest BCUT2D eigenvalue weighted by Crippen LogP contribution is 2.32. The first kappa shape index (κ1) is 25.9. The maximum absolute atomic E-state index is 13.4. The fourth-order valence-corrected chi connectivity index (χ4v) is 5.85. The van der Waals surface area contributed by atoms with Crippen LogP contribution in [0.1, 0.15) is 35.8 Å². The quantitative estimate of drug-likeness (QED) is 0.320. The zero-order valence-corrected chi connectivity index (χ0v) is 23.1. The molecule has 0 bridgehead atoms. The molecule has 2 N–H and O–H groups in total. The lowest BCUT2D eigenvalue weighted by molar-refractivity contribution is 0.0105. The van der Waals surface area contributed by atoms with E-state index in [0.717, 1.165) is 67.1 Å². The van der Waals surface area contributed by atoms with Gasteiger partial charge in [0, 0.05) is 59.4 Å². The van der Waals surface area contributed by atoms with E-state index >= 15 is 0 Å². The Hall–Kier alpha value is -3.39. The zero-order chi connectivity index (χ0) is 26.9. The Kier molecular flexibility index (Phi) is 7.30. The van der Waals surface area contributed by atoms with Crippen molar-refractivity contribution >= 4 is 34.1 Å². The van der Waals surface area contributed by atoms with Gasteiger partial charge in [-0.2, -0.15) is 5.10 Å². The van der Waals surface area contributed by atoms with Gasteiger partial charge in [-0.1, -0.05) is 55.8 Å². The second-order valence-electron chi connectivity index (χ2n) is 10.8. The number of halogens is 1. The number of carbonyl (C=O) groups is 1. The van der Waals surface area contributed by atoms with Gasteiger partial charge in [0.15, 0.2) is 0 Å². The van der Waals surface area contributed by atoms with E-state index in [1.807, 2.05) is 42.5 Å². The predicted molar refractivity (Wildman–Crippen MR) is 156 cm³/mol. The number of hydrogen-bond donors (Lipinski definition) is 2. The molecule has 39 heavy (non-hydrogen) atoms. The second kappa shape index (κ2) is 11.0. The van der Waals surface area contributed by atoms with Gasteiger partial charge in [0.25, 0.3) is 5.91 Å². The summed E-state index contributed by atoms with van der Waals surface area (Å²) in [6.07, 6.45) is 0. The lowest BCUT2D eigenvalue weighted by atomic mass is 9.95. The van der Waals surface area contributed by atoms with Gasteiger partial charge in [0.1, 0.15) is 0 Å². The molecule has 6 rings (SSSR count). The maximum atomic E-state index is 13.4. The molecule has 7 nitrogen and oxygen atoms in total. The number of fused-ring (bicyclic) bond motifs is 1. The van der Waals surface area contributed by atoms with Crippen LogP contribution in [0.3, 0.4) is 0 Å². The average Bonchev–Trinajstić information content (AvgIpc) is 3.35. The Morgan fingerprint density at radius 1 is 1.05 bits per heavy atom. The highest BCUT2D eigenvalue weighted by atomic mass is 35.5. The summed E-state index contributed by atoms with van der Waals surface area (Å²) < 4.78 is 5.49. The summed E-state index contributed by atoms with van der Waals surface area (Å²) in [7, 11) is 0. The van der Waals surface area contributed by atoms with E-state index in [1.54, 1.807) is 0 Å². The summed E-state index contributed by atoms with van der Waals surface area (Å²) in [5.41, 5.74) is 5.49. The van der Waals surface area contributed by atoms with E-state index in [-0.39, 0.29) is 17.9 Å². The topological polar surface area (TPSA) is 73.5 Å². The third-order valence-electron chi connectivity index (χ3n) is 7.95. The second-order valence-corrected chi connectivity index (χ2v) is 11.2. The van der Waals surface area contributed by atoms with Crippen LogP contribution in [0.15, 0.2) is 66.7 Å². The summed E-state index contributed by atoms with van der Waals surface area (Å²) in [6, 6.07) is 22.3. The molecule has 2 fully saturated rings. The van der Waals surface area contributed by atoms with Gasteiger partial charge < -0.3 is 15.0 Å². The molecule has 2 saturated heterocycles. The van der Waals surface area contributed by atoms with Gasteiger partial charge in [-0.25, -0.2) is 0 Å². The number of morpholine rings is 1. The SMILES string of the molecule is CC(C)C(NC(=O)c1ccc2[nH]nc(-c3ccc(N4CC(N5CCOCC5)C4)cc3)c2c1)c1ccccc1Cl. The molecule has 8 heteroatoms. The van der Waals surface area contributed by atoms with Crippen LogP contribution < -0.4 is 10.2 Å². The third kappa shape index (κ3) is 5.26. The van der Waals surface area contributed by atoms with Crippen LogP contribution in [0, 0.1) is 5.92 Å². The fraction of sp³-hybridized carbons (Fsp3) is 0.355. The average molecular weight is 544 g/mol. The summed E-state index contributed by atoms with van der Waals surface area (Å²) in [6.45, 7) is 10.0. The Labute approximate surface area is 234 Å². The van der Waals surface area contributed by atoms with E-state index < -0.39 is 0 Å². The molecule has 0 spiro atoms. The van der Waals surface area contributed by atoms with Crippen molar-refractivity contribution in [3.8, 4) is 11.3 Å². The maximum Gasteiger partial charge on any atom is 0.251 e. The number of aromatic amines is 1. The van der Waals surface area contributed by atoms with Gasteiger partial charge in [-0.15, -0.1) is 0 Å². The van der Waals surface area contributed by atoms with Crippen molar-refractivity contribution in [1.29, 1.82) is 0 Å². The van der Waals surface area contributed by atoms with Crippen molar-refractivity contribution in [3.05, 3.63) is 82.9 Å². The van der Waals surface area contributed by atoms with Crippen molar-refractivity contribution in [3.63, 3.8) is 0 Å². The molecule has 2 aliphatic rings. The first-order valence-electron chi connectivity index (χ1n) is 13.7. The standard InChI is InChI=1S/C31H34ClN5O2/c1-20(2)29(25-5-3-4-6-27(25)32)33-31(38)22-9-12-28-26(17-22)30(35-34-28)21-7-10-23(11-8-21)37-18-24(19-37)36-13-15-39-16-14-36/h3-12,17,20,24,29H,13-16,18-19H2,1-2H3,(H,33,38)(H,34,35). The Morgan fingerprint density at radius 2 is 1.79 bits per heavy atom. The van der Waals surface area contributed by atoms with Crippen LogP contribution in [-0.2, 0) is 4.74 Å². The van der Waals surface area contributed by atoms with E-state index in [1.165, 1.54) is 5.69 Å². The lowest BCUT2D eigenvalue weighted by Crippen LogP contribution is -2.61. The van der Waals surface area contributed by atoms with E-state index in [0.29, 0.717) is 16.6 Å². The number of nitrogens with one attached hydrogen (secondary N) is 2. The van der Waals surface area contributed by atoms with E-state index in [2.05, 4.69) is 63.4 Å². The number of hydrogen-bond acceptors (Lipinski definition) is 5. The molecular weight excluding hydrogens is 510 g/mol. The number of benzene rings is 3. The minimum atomic E-state index is -0.192. The molecule has 1 amide bonds. The van der Waals surface area contributed by atoms with E-state index in [9.17, 15) is 4.79 Å². The molecule has 0 aliphatic carbocycles. The summed E-state index contributed by atoms with van der Waals surface area (Å²) in [5.74, 6) is 0.0433. The van der Waals surface area contributed by atoms with Crippen molar-refractivity contribution < 1.29 is 9.53 Å². The number of amides is 1. The molecule has 3 heterocycles. The molecular formula is C31H34ClN5O2. The third-order valence-corrected chi connectivity index (χ3v) is 8.29. The van der Waals surface area contributed by atoms with Crippen molar-refractivity contribution in [2.75, 3.05) is 44.3 Å². The van der Waals surface area contributed by atoms with E-state index in [4.69, 9.17) is 16.3 Å². The van der Waals surface area contributed by atoms with Crippen molar-refractivity contribution in [2.24, 2.45) is 5.92 Å². The van der Waals surface area contributed by atoms with Crippen LogP contribution in [-0.4, -0.2) is 66.4 Å². The normalized spacial score (nSPS) is 17.4. The van der Waals surface area contributed by atoms with Crippen LogP contribution in [0.25, 0.3) is 22.2 Å². The number of ether oxygens (including phenoxy) is 1. The fourth-order valence-electron chi connectivity index (χ4n) is 5.60. The molecule has 4 aromatic rings. The summed E-state index contributed by atoms with van der Waals surface area (Å²) in [4.78, 5) is 18.3. The monoisotopic (exact) mass is 543 g/mol. The first-order valence-corrected chi connectivity index (χ1v) is 14.1. The van der Waals surface area contributed by atoms with Gasteiger partial charge >= 0.3 is 0 Å². The highest BCUT2D eigenvalue weighted by molar-refractivity contribution is 6.31. The van der Waals surface area contributed by atoms with Gasteiger partial charge in [0.05, 0.1) is 30.5 Å². The Balaban J connectivity index is 1.18. The highest BCUT2D eigenvalue weighted by Gasteiger charge is 2.32. The minimum absolute atomic E-state index is 0.134. The smallest absolute Gasteiger partial charge is 0.251 e. The lowest BCUT2D eigenvalue weighted by Gasteiger charge is -2.47. The number of anilines is 1. The Morgan fingerprint density at radius 3 is 2.51 bits per heavy atom. The summed E-state index contributed by atoms with van der Waals surface area (Å²) in [5, 5.41) is 12.5. The molecule has 0 radical (unpaired) electrons. The summed E-state index contributed by atoms with van der Waals surface area (Å²) >= 11 is 6.46. The number of H-pyrrole nitrogens is 1. The van der Waals surface area contributed by atoms with Gasteiger partial charge in [-0.05, 0) is 47.9 Å². The van der Waals surface area contributed by atoms with Gasteiger partial charge in [0.2, 0.25) is 0 Å². The van der Waals surface area contributed by atoms with Crippen LogP contribution in [0.2, 0.25) is 5.02 Å². The largest absolute Gasteiger partial charge is 0.379 e. The van der Waals surface area contributed by atoms with Crippen LogP contribution >= 0.6 is 11.6 Å².